The lowest BCUT2D eigenvalue weighted by Crippen LogP contribution is -2.40. The Morgan fingerprint density at radius 1 is 0.925 bits per heavy atom. The Balaban J connectivity index is 1.36. The average Bonchev–Trinajstić information content (AvgIpc) is 3.30. The summed E-state index contributed by atoms with van der Waals surface area (Å²) in [5.41, 5.74) is 2.30. The second-order valence-electron chi connectivity index (χ2n) is 9.50. The van der Waals surface area contributed by atoms with Crippen molar-refractivity contribution >= 4 is 40.3 Å². The third-order valence-corrected chi connectivity index (χ3v) is 6.40. The van der Waals surface area contributed by atoms with Crippen LogP contribution in [0.5, 0.6) is 0 Å². The quantitative estimate of drug-likeness (QED) is 0.242. The molecule has 40 heavy (non-hydrogen) atoms. The normalized spacial score (nSPS) is 11.4. The van der Waals surface area contributed by atoms with Crippen LogP contribution in [0.2, 0.25) is 0 Å². The topological polar surface area (TPSA) is 133 Å². The van der Waals surface area contributed by atoms with E-state index in [0.29, 0.717) is 17.8 Å². The van der Waals surface area contributed by atoms with E-state index in [2.05, 4.69) is 16.0 Å². The predicted octanol–water partition coefficient (Wildman–Crippen LogP) is 3.90. The third-order valence-electron chi connectivity index (χ3n) is 6.40. The number of carboxylic acids is 1. The molecule has 10 heteroatoms. The Bertz CT molecular complexity index is 1530. The summed E-state index contributed by atoms with van der Waals surface area (Å²) in [6, 6.07) is 23.0. The van der Waals surface area contributed by atoms with Crippen LogP contribution < -0.4 is 16.0 Å². The molecule has 3 aromatic carbocycles. The van der Waals surface area contributed by atoms with E-state index in [4.69, 9.17) is 0 Å². The number of amides is 4. The number of aliphatic carboxylic acids is 1. The van der Waals surface area contributed by atoms with Crippen LogP contribution in [0.3, 0.4) is 0 Å². The van der Waals surface area contributed by atoms with Gasteiger partial charge in [-0.15, -0.1) is 0 Å². The summed E-state index contributed by atoms with van der Waals surface area (Å²) in [6.45, 7) is 0.0687. The van der Waals surface area contributed by atoms with E-state index < -0.39 is 29.9 Å². The van der Waals surface area contributed by atoms with Crippen molar-refractivity contribution in [1.29, 1.82) is 0 Å². The summed E-state index contributed by atoms with van der Waals surface area (Å²) in [6.07, 6.45) is 1.30. The molecule has 0 fully saturated rings. The number of aryl methyl sites for hydroxylation is 1. The molecule has 0 saturated carbocycles. The number of carbonyl (C=O) groups excluding carboxylic acids is 3. The van der Waals surface area contributed by atoms with Gasteiger partial charge in [0.1, 0.15) is 5.69 Å². The molecule has 4 aromatic rings. The minimum Gasteiger partial charge on any atom is -0.481 e. The number of urea groups is 1. The molecule has 4 N–H and O–H groups in total. The fourth-order valence-corrected chi connectivity index (χ4v) is 4.37. The monoisotopic (exact) mass is 541 g/mol. The molecule has 206 valence electrons. The van der Waals surface area contributed by atoms with Crippen molar-refractivity contribution in [3.05, 3.63) is 102 Å². The van der Waals surface area contributed by atoms with Crippen LogP contribution in [-0.4, -0.2) is 52.0 Å². The van der Waals surface area contributed by atoms with Crippen LogP contribution in [0.15, 0.2) is 85.1 Å². The number of fused-ring (bicyclic) bond motifs is 1. The standard InChI is InChI=1S/C30H31N5O5/c1-34-18-24(32-30(40)31-17-20-8-4-3-5-9-20)15-26(34)29(39)35(2)19-27(36)33-25(16-28(37)38)23-13-12-21-10-6-7-11-22(21)14-23/h3-15,18,25H,16-17,19H2,1-2H3,(H,33,36)(H,37,38)(H2,31,32,40). The molecule has 1 unspecified atom stereocenters. The van der Waals surface area contributed by atoms with Crippen molar-refractivity contribution in [1.82, 2.24) is 20.1 Å². The highest BCUT2D eigenvalue weighted by Crippen LogP contribution is 2.23. The predicted molar refractivity (Wildman–Crippen MR) is 152 cm³/mol. The summed E-state index contributed by atoms with van der Waals surface area (Å²) in [5, 5.41) is 19.6. The lowest BCUT2D eigenvalue weighted by Gasteiger charge is -2.21. The van der Waals surface area contributed by atoms with Gasteiger partial charge >= 0.3 is 12.0 Å². The Morgan fingerprint density at radius 3 is 2.35 bits per heavy atom. The SMILES string of the molecule is CN(CC(=O)NC(CC(=O)O)c1ccc2ccccc2c1)C(=O)c1cc(NC(=O)NCc2ccccc2)cn1C. The summed E-state index contributed by atoms with van der Waals surface area (Å²) in [5.74, 6) is -1.99. The molecule has 0 aliphatic carbocycles. The van der Waals surface area contributed by atoms with Crippen LogP contribution in [0.1, 0.15) is 34.1 Å². The lowest BCUT2D eigenvalue weighted by molar-refractivity contribution is -0.137. The number of carboxylic acid groups (broad SMARTS) is 1. The summed E-state index contributed by atoms with van der Waals surface area (Å²) in [4.78, 5) is 51.0. The number of benzene rings is 3. The van der Waals surface area contributed by atoms with Gasteiger partial charge in [-0.05, 0) is 34.0 Å². The molecule has 0 saturated heterocycles. The van der Waals surface area contributed by atoms with Crippen molar-refractivity contribution in [3.8, 4) is 0 Å². The van der Waals surface area contributed by atoms with E-state index in [1.807, 2.05) is 66.7 Å². The van der Waals surface area contributed by atoms with E-state index >= 15 is 0 Å². The molecule has 1 atom stereocenters. The number of nitrogens with zero attached hydrogens (tertiary/aromatic N) is 2. The molecule has 0 bridgehead atoms. The molecule has 0 aliphatic rings. The number of carbonyl (C=O) groups is 4. The maximum absolute atomic E-state index is 13.1. The first kappa shape index (κ1) is 27.9. The fraction of sp³-hybridized carbons (Fsp3) is 0.200. The summed E-state index contributed by atoms with van der Waals surface area (Å²) in [7, 11) is 3.15. The van der Waals surface area contributed by atoms with Gasteiger partial charge in [0.05, 0.1) is 24.7 Å². The Morgan fingerprint density at radius 2 is 1.62 bits per heavy atom. The van der Waals surface area contributed by atoms with Crippen molar-refractivity contribution in [2.75, 3.05) is 18.9 Å². The van der Waals surface area contributed by atoms with Crippen LogP contribution >= 0.6 is 0 Å². The van der Waals surface area contributed by atoms with E-state index in [9.17, 15) is 24.3 Å². The second kappa shape index (κ2) is 12.6. The number of anilines is 1. The van der Waals surface area contributed by atoms with E-state index in [1.54, 1.807) is 23.9 Å². The van der Waals surface area contributed by atoms with Gasteiger partial charge in [0.25, 0.3) is 5.91 Å². The molecule has 1 heterocycles. The number of likely N-dealkylation sites (N-methyl/N-ethyl adjacent to an activating group) is 1. The molecular formula is C30H31N5O5. The number of rotatable bonds is 10. The number of aromatic nitrogens is 1. The van der Waals surface area contributed by atoms with Gasteiger partial charge in [-0.1, -0.05) is 66.7 Å². The first-order valence-electron chi connectivity index (χ1n) is 12.7. The number of hydrogen-bond acceptors (Lipinski definition) is 4. The first-order chi connectivity index (χ1) is 19.2. The third kappa shape index (κ3) is 7.25. The minimum absolute atomic E-state index is 0.269. The first-order valence-corrected chi connectivity index (χ1v) is 12.7. The molecular weight excluding hydrogens is 510 g/mol. The van der Waals surface area contributed by atoms with E-state index in [-0.39, 0.29) is 18.7 Å². The van der Waals surface area contributed by atoms with Gasteiger partial charge in [0, 0.05) is 26.8 Å². The average molecular weight is 542 g/mol. The van der Waals surface area contributed by atoms with E-state index in [0.717, 1.165) is 16.3 Å². The maximum Gasteiger partial charge on any atom is 0.319 e. The van der Waals surface area contributed by atoms with Crippen molar-refractivity contribution in [2.45, 2.75) is 19.0 Å². The highest BCUT2D eigenvalue weighted by Gasteiger charge is 2.23. The number of nitrogens with one attached hydrogen (secondary N) is 3. The fourth-order valence-electron chi connectivity index (χ4n) is 4.37. The van der Waals surface area contributed by atoms with Gasteiger partial charge in [0.15, 0.2) is 0 Å². The summed E-state index contributed by atoms with van der Waals surface area (Å²) >= 11 is 0. The van der Waals surface area contributed by atoms with Gasteiger partial charge in [0.2, 0.25) is 5.91 Å². The van der Waals surface area contributed by atoms with Crippen LogP contribution in [-0.2, 0) is 23.2 Å². The van der Waals surface area contributed by atoms with Crippen LogP contribution in [0.4, 0.5) is 10.5 Å². The van der Waals surface area contributed by atoms with Gasteiger partial charge in [-0.25, -0.2) is 4.79 Å². The van der Waals surface area contributed by atoms with Crippen molar-refractivity contribution < 1.29 is 24.3 Å². The van der Waals surface area contributed by atoms with Gasteiger partial charge in [-0.3, -0.25) is 14.4 Å². The zero-order chi connectivity index (χ0) is 28.6. The Kier molecular flexibility index (Phi) is 8.80. The maximum atomic E-state index is 13.1. The zero-order valence-corrected chi connectivity index (χ0v) is 22.3. The molecule has 0 spiro atoms. The Hall–Kier alpha value is -5.12. The van der Waals surface area contributed by atoms with Crippen LogP contribution in [0.25, 0.3) is 10.8 Å². The molecule has 1 aromatic heterocycles. The molecule has 4 amide bonds. The number of hydrogen-bond donors (Lipinski definition) is 4. The smallest absolute Gasteiger partial charge is 0.319 e. The van der Waals surface area contributed by atoms with Crippen molar-refractivity contribution in [2.24, 2.45) is 7.05 Å². The second-order valence-corrected chi connectivity index (χ2v) is 9.50. The lowest BCUT2D eigenvalue weighted by atomic mass is 9.99. The Labute approximate surface area is 231 Å². The van der Waals surface area contributed by atoms with Gasteiger partial charge < -0.3 is 30.5 Å². The molecule has 0 radical (unpaired) electrons. The zero-order valence-electron chi connectivity index (χ0n) is 22.3. The van der Waals surface area contributed by atoms with Gasteiger partial charge in [-0.2, -0.15) is 0 Å². The minimum atomic E-state index is -1.06. The highest BCUT2D eigenvalue weighted by molar-refractivity contribution is 5.97. The van der Waals surface area contributed by atoms with Crippen molar-refractivity contribution in [3.63, 3.8) is 0 Å². The van der Waals surface area contributed by atoms with E-state index in [1.165, 1.54) is 18.0 Å². The largest absolute Gasteiger partial charge is 0.481 e. The van der Waals surface area contributed by atoms with Crippen LogP contribution in [0, 0.1) is 0 Å². The molecule has 10 nitrogen and oxygen atoms in total. The molecule has 4 rings (SSSR count). The summed E-state index contributed by atoms with van der Waals surface area (Å²) < 4.78 is 1.56. The molecule has 0 aliphatic heterocycles. The highest BCUT2D eigenvalue weighted by atomic mass is 16.4.